The maximum Gasteiger partial charge on any atom is 0.288 e. The van der Waals surface area contributed by atoms with Crippen LogP contribution in [0.3, 0.4) is 0 Å². The molecule has 116 valence electrons. The number of alkyl halides is 2. The zero-order valence-electron chi connectivity index (χ0n) is 11.7. The van der Waals surface area contributed by atoms with E-state index in [1.54, 1.807) is 35.6 Å². The first-order chi connectivity index (χ1) is 10.6. The topological polar surface area (TPSA) is 20.3 Å². The van der Waals surface area contributed by atoms with E-state index in [0.29, 0.717) is 22.2 Å². The number of carbonyl (C=O) groups excluding carboxylic acids is 1. The van der Waals surface area contributed by atoms with Gasteiger partial charge in [0.25, 0.3) is 11.7 Å². The number of amides is 1. The molecule has 2 aromatic rings. The van der Waals surface area contributed by atoms with Crippen molar-refractivity contribution in [3.8, 4) is 0 Å². The van der Waals surface area contributed by atoms with Gasteiger partial charge in [0.05, 0.1) is 6.04 Å². The average molecular weight is 339 g/mol. The summed E-state index contributed by atoms with van der Waals surface area (Å²) in [5.41, 5.74) is 1.74. The molecule has 0 N–H and O–H groups in total. The molecule has 1 aliphatic rings. The molecule has 0 aliphatic carbocycles. The Kier molecular flexibility index (Phi) is 4.78. The van der Waals surface area contributed by atoms with Crippen molar-refractivity contribution in [2.75, 3.05) is 6.54 Å². The molecule has 6 heteroatoms. The lowest BCUT2D eigenvalue weighted by Crippen LogP contribution is -2.30. The summed E-state index contributed by atoms with van der Waals surface area (Å²) >= 11 is 2.12. The predicted molar refractivity (Wildman–Crippen MR) is 85.6 cm³/mol. The first-order valence-corrected chi connectivity index (χ1v) is 8.85. The van der Waals surface area contributed by atoms with Crippen molar-refractivity contribution in [2.45, 2.75) is 29.5 Å². The Morgan fingerprint density at radius 2 is 2.05 bits per heavy atom. The van der Waals surface area contributed by atoms with Crippen molar-refractivity contribution in [2.24, 2.45) is 0 Å². The number of halogens is 2. The molecule has 3 rings (SSSR count). The quantitative estimate of drug-likeness (QED) is 0.727. The van der Waals surface area contributed by atoms with Gasteiger partial charge in [0, 0.05) is 17.0 Å². The number of thioether (sulfide) groups is 1. The minimum Gasteiger partial charge on any atom is -0.332 e. The molecule has 0 saturated carbocycles. The number of rotatable bonds is 4. The fourth-order valence-electron chi connectivity index (χ4n) is 2.77. The summed E-state index contributed by atoms with van der Waals surface area (Å²) < 4.78 is 24.6. The van der Waals surface area contributed by atoms with Gasteiger partial charge in [-0.25, -0.2) is 0 Å². The van der Waals surface area contributed by atoms with Gasteiger partial charge >= 0.3 is 0 Å². The Morgan fingerprint density at radius 1 is 1.27 bits per heavy atom. The third-order valence-corrected chi connectivity index (χ3v) is 5.19. The molecule has 0 spiro atoms. The Morgan fingerprint density at radius 3 is 2.68 bits per heavy atom. The molecule has 2 heterocycles. The van der Waals surface area contributed by atoms with Crippen LogP contribution in [0.4, 0.5) is 8.78 Å². The number of likely N-dealkylation sites (tertiary alicyclic amines) is 1. The standard InChI is InChI=1S/C16H15F2NOS2/c17-16(18)22-13-5-3-11(4-6-13)15(20)19-8-1-2-14(19)12-7-9-21-10-12/h3-7,9-10,14,16H,1-2,8H2/t14-/m1/s1. The van der Waals surface area contributed by atoms with Crippen molar-refractivity contribution in [3.63, 3.8) is 0 Å². The van der Waals surface area contributed by atoms with E-state index in [9.17, 15) is 13.6 Å². The summed E-state index contributed by atoms with van der Waals surface area (Å²) in [5, 5.41) is 4.10. The van der Waals surface area contributed by atoms with Crippen molar-refractivity contribution in [3.05, 3.63) is 52.2 Å². The number of benzene rings is 1. The van der Waals surface area contributed by atoms with Gasteiger partial charge in [0.15, 0.2) is 0 Å². The zero-order valence-corrected chi connectivity index (χ0v) is 13.4. The van der Waals surface area contributed by atoms with Gasteiger partial charge in [0.1, 0.15) is 0 Å². The highest BCUT2D eigenvalue weighted by molar-refractivity contribution is 7.99. The summed E-state index contributed by atoms with van der Waals surface area (Å²) in [6.45, 7) is 0.743. The van der Waals surface area contributed by atoms with E-state index in [2.05, 4.69) is 11.4 Å². The van der Waals surface area contributed by atoms with Gasteiger partial charge in [-0.1, -0.05) is 11.8 Å². The van der Waals surface area contributed by atoms with Gasteiger partial charge in [-0.2, -0.15) is 20.1 Å². The van der Waals surface area contributed by atoms with Gasteiger partial charge < -0.3 is 4.90 Å². The second-order valence-electron chi connectivity index (χ2n) is 5.12. The van der Waals surface area contributed by atoms with Crippen LogP contribution in [0.25, 0.3) is 0 Å². The van der Waals surface area contributed by atoms with Gasteiger partial charge in [0.2, 0.25) is 0 Å². The molecule has 22 heavy (non-hydrogen) atoms. The number of thiophene rings is 1. The Hall–Kier alpha value is -1.40. The molecule has 1 atom stereocenters. The highest BCUT2D eigenvalue weighted by Crippen LogP contribution is 2.34. The second-order valence-corrected chi connectivity index (χ2v) is 6.96. The third kappa shape index (κ3) is 3.33. The van der Waals surface area contributed by atoms with Crippen LogP contribution in [-0.2, 0) is 0 Å². The van der Waals surface area contributed by atoms with Gasteiger partial charge in [-0.05, 0) is 59.5 Å². The molecule has 0 unspecified atom stereocenters. The lowest BCUT2D eigenvalue weighted by Gasteiger charge is -2.24. The maximum atomic E-state index is 12.7. The highest BCUT2D eigenvalue weighted by Gasteiger charge is 2.30. The van der Waals surface area contributed by atoms with Crippen molar-refractivity contribution in [1.82, 2.24) is 4.90 Å². The number of hydrogen-bond donors (Lipinski definition) is 0. The maximum absolute atomic E-state index is 12.7. The van der Waals surface area contributed by atoms with Crippen molar-refractivity contribution >= 4 is 29.0 Å². The van der Waals surface area contributed by atoms with E-state index in [-0.39, 0.29) is 11.9 Å². The van der Waals surface area contributed by atoms with Crippen LogP contribution in [0.2, 0.25) is 0 Å². The van der Waals surface area contributed by atoms with Crippen LogP contribution >= 0.6 is 23.1 Å². The van der Waals surface area contributed by atoms with Crippen molar-refractivity contribution < 1.29 is 13.6 Å². The van der Waals surface area contributed by atoms with Crippen LogP contribution < -0.4 is 0 Å². The number of carbonyl (C=O) groups is 1. The van der Waals surface area contributed by atoms with E-state index >= 15 is 0 Å². The van der Waals surface area contributed by atoms with E-state index in [1.165, 1.54) is 5.56 Å². The van der Waals surface area contributed by atoms with Crippen molar-refractivity contribution in [1.29, 1.82) is 0 Å². The minimum absolute atomic E-state index is 0.0257. The fraction of sp³-hybridized carbons (Fsp3) is 0.312. The molecule has 2 nitrogen and oxygen atoms in total. The average Bonchev–Trinajstić information content (AvgIpc) is 3.17. The lowest BCUT2D eigenvalue weighted by atomic mass is 10.1. The van der Waals surface area contributed by atoms with E-state index in [4.69, 9.17) is 0 Å². The molecular formula is C16H15F2NOS2. The number of nitrogens with zero attached hydrogens (tertiary/aromatic N) is 1. The Bertz CT molecular complexity index is 628. The molecule has 1 aromatic carbocycles. The van der Waals surface area contributed by atoms with Crippen LogP contribution in [0, 0.1) is 0 Å². The van der Waals surface area contributed by atoms with E-state index in [1.807, 2.05) is 10.3 Å². The summed E-state index contributed by atoms with van der Waals surface area (Å²) in [5.74, 6) is -2.47. The molecule has 0 radical (unpaired) electrons. The normalized spacial score (nSPS) is 18.1. The first-order valence-electron chi connectivity index (χ1n) is 7.03. The first kappa shape index (κ1) is 15.5. The summed E-state index contributed by atoms with van der Waals surface area (Å²) in [7, 11) is 0. The highest BCUT2D eigenvalue weighted by atomic mass is 32.2. The van der Waals surface area contributed by atoms with Gasteiger partial charge in [-0.15, -0.1) is 0 Å². The zero-order chi connectivity index (χ0) is 15.5. The fourth-order valence-corrected chi connectivity index (χ4v) is 3.97. The molecule has 0 bridgehead atoms. The lowest BCUT2D eigenvalue weighted by molar-refractivity contribution is 0.0736. The summed E-state index contributed by atoms with van der Waals surface area (Å²) in [6.07, 6.45) is 1.97. The van der Waals surface area contributed by atoms with Crippen LogP contribution in [-0.4, -0.2) is 23.1 Å². The summed E-state index contributed by atoms with van der Waals surface area (Å²) in [4.78, 5) is 15.0. The minimum atomic E-state index is -2.44. The van der Waals surface area contributed by atoms with Crippen LogP contribution in [0.15, 0.2) is 46.0 Å². The number of hydrogen-bond acceptors (Lipinski definition) is 3. The predicted octanol–water partition coefficient (Wildman–Crippen LogP) is 5.04. The van der Waals surface area contributed by atoms with Crippen LogP contribution in [0.5, 0.6) is 0 Å². The smallest absolute Gasteiger partial charge is 0.288 e. The molecule has 1 amide bonds. The Labute approximate surface area is 136 Å². The monoisotopic (exact) mass is 339 g/mol. The SMILES string of the molecule is O=C(c1ccc(SC(F)F)cc1)N1CCC[C@@H]1c1ccsc1. The molecule has 1 saturated heterocycles. The van der Waals surface area contributed by atoms with E-state index in [0.717, 1.165) is 19.4 Å². The Balaban J connectivity index is 1.75. The second kappa shape index (κ2) is 6.79. The van der Waals surface area contributed by atoms with Gasteiger partial charge in [-0.3, -0.25) is 4.79 Å². The molecule has 1 aromatic heterocycles. The summed E-state index contributed by atoms with van der Waals surface area (Å²) in [6, 6.07) is 8.63. The molecule has 1 aliphatic heterocycles. The third-order valence-electron chi connectivity index (χ3n) is 3.77. The molecular weight excluding hydrogens is 324 g/mol. The van der Waals surface area contributed by atoms with Crippen LogP contribution in [0.1, 0.15) is 34.8 Å². The van der Waals surface area contributed by atoms with E-state index < -0.39 is 5.76 Å². The molecule has 1 fully saturated rings. The largest absolute Gasteiger partial charge is 0.332 e.